The average molecular weight is 297 g/mol. The molecule has 0 aliphatic rings. The van der Waals surface area contributed by atoms with Gasteiger partial charge in [0.05, 0.1) is 15.5 Å². The van der Waals surface area contributed by atoms with E-state index in [2.05, 4.69) is 10.6 Å². The molecule has 0 amide bonds. The van der Waals surface area contributed by atoms with E-state index in [0.29, 0.717) is 12.8 Å². The number of halogens is 1. The van der Waals surface area contributed by atoms with E-state index in [-0.39, 0.29) is 21.5 Å². The molecule has 1 aromatic carbocycles. The Bertz CT molecular complexity index is 642. The van der Waals surface area contributed by atoms with Crippen molar-refractivity contribution in [1.82, 2.24) is 4.72 Å². The van der Waals surface area contributed by atoms with Gasteiger partial charge in [-0.15, -0.1) is 12.3 Å². The molecular weight excluding hydrogens is 284 g/mol. The third-order valence-corrected chi connectivity index (χ3v) is 4.38. The quantitative estimate of drug-likeness (QED) is 0.848. The van der Waals surface area contributed by atoms with Crippen LogP contribution in [0, 0.1) is 23.7 Å². The second-order valence-corrected chi connectivity index (χ2v) is 6.01. The lowest BCUT2D eigenvalue weighted by molar-refractivity contribution is 0.544. The zero-order valence-electron chi connectivity index (χ0n) is 10.4. The van der Waals surface area contributed by atoms with Crippen molar-refractivity contribution < 1.29 is 8.42 Å². The number of nitrogens with zero attached hydrogens (tertiary/aromatic N) is 1. The van der Waals surface area contributed by atoms with Gasteiger partial charge in [0.25, 0.3) is 0 Å². The highest BCUT2D eigenvalue weighted by Gasteiger charge is 2.19. The maximum atomic E-state index is 12.1. The van der Waals surface area contributed by atoms with E-state index >= 15 is 0 Å². The van der Waals surface area contributed by atoms with E-state index in [1.54, 1.807) is 0 Å². The molecule has 100 valence electrons. The number of nitrogens with one attached hydrogen (secondary N) is 1. The second kappa shape index (κ2) is 6.58. The Morgan fingerprint density at radius 1 is 1.53 bits per heavy atom. The van der Waals surface area contributed by atoms with Crippen molar-refractivity contribution in [3.05, 3.63) is 28.8 Å². The average Bonchev–Trinajstić information content (AvgIpc) is 2.37. The largest absolute Gasteiger partial charge is 0.240 e. The van der Waals surface area contributed by atoms with Crippen LogP contribution in [0.5, 0.6) is 0 Å². The summed E-state index contributed by atoms with van der Waals surface area (Å²) in [6, 6.07) is 5.53. The van der Waals surface area contributed by atoms with Crippen LogP contribution in [0.25, 0.3) is 0 Å². The van der Waals surface area contributed by atoms with Crippen LogP contribution in [0.1, 0.15) is 25.3 Å². The van der Waals surface area contributed by atoms with Crippen LogP contribution in [-0.4, -0.2) is 14.5 Å². The Morgan fingerprint density at radius 3 is 2.68 bits per heavy atom. The van der Waals surface area contributed by atoms with Gasteiger partial charge in [0.15, 0.2) is 0 Å². The monoisotopic (exact) mass is 296 g/mol. The molecule has 1 aromatic rings. The van der Waals surface area contributed by atoms with Crippen LogP contribution in [0.4, 0.5) is 0 Å². The van der Waals surface area contributed by atoms with Crippen molar-refractivity contribution in [3.63, 3.8) is 0 Å². The highest BCUT2D eigenvalue weighted by molar-refractivity contribution is 7.89. The Morgan fingerprint density at radius 2 is 2.21 bits per heavy atom. The number of sulfonamides is 1. The summed E-state index contributed by atoms with van der Waals surface area (Å²) in [7, 11) is -3.68. The van der Waals surface area contributed by atoms with Crippen LogP contribution < -0.4 is 4.72 Å². The topological polar surface area (TPSA) is 70.0 Å². The summed E-state index contributed by atoms with van der Waals surface area (Å²) < 4.78 is 26.7. The first-order chi connectivity index (χ1) is 8.94. The summed E-state index contributed by atoms with van der Waals surface area (Å²) >= 11 is 5.82. The molecule has 0 saturated carbocycles. The van der Waals surface area contributed by atoms with Gasteiger partial charge in [0, 0.05) is 12.5 Å². The number of terminal acetylenes is 1. The van der Waals surface area contributed by atoms with Crippen molar-refractivity contribution in [3.8, 4) is 18.4 Å². The predicted molar refractivity (Wildman–Crippen MR) is 74.0 cm³/mol. The van der Waals surface area contributed by atoms with E-state index in [4.69, 9.17) is 23.3 Å². The van der Waals surface area contributed by atoms with Crippen molar-refractivity contribution in [2.45, 2.75) is 30.7 Å². The molecule has 0 aliphatic carbocycles. The molecule has 0 heterocycles. The standard InChI is InChI=1S/C13H13ClN2O2S/c1-3-5-11(4-2)16-19(17,18)12-7-6-10(9-15)13(14)8-12/h1,6-8,11,16H,4-5H2,2H3. The molecule has 0 saturated heterocycles. The number of benzene rings is 1. The summed E-state index contributed by atoms with van der Waals surface area (Å²) in [5, 5.41) is 8.85. The first-order valence-electron chi connectivity index (χ1n) is 5.60. The summed E-state index contributed by atoms with van der Waals surface area (Å²) in [5.74, 6) is 2.43. The molecule has 0 bridgehead atoms. The van der Waals surface area contributed by atoms with Gasteiger partial charge in [0.2, 0.25) is 10.0 Å². The molecule has 1 rings (SSSR count). The Labute approximate surface area is 118 Å². The highest BCUT2D eigenvalue weighted by Crippen LogP contribution is 2.20. The second-order valence-electron chi connectivity index (χ2n) is 3.89. The maximum absolute atomic E-state index is 12.1. The van der Waals surface area contributed by atoms with Crippen molar-refractivity contribution in [1.29, 1.82) is 5.26 Å². The minimum atomic E-state index is -3.68. The molecular formula is C13H13ClN2O2S. The van der Waals surface area contributed by atoms with E-state index < -0.39 is 10.0 Å². The molecule has 0 aromatic heterocycles. The van der Waals surface area contributed by atoms with Gasteiger partial charge in [-0.3, -0.25) is 0 Å². The van der Waals surface area contributed by atoms with Gasteiger partial charge in [0.1, 0.15) is 6.07 Å². The predicted octanol–water partition coefficient (Wildman–Crippen LogP) is 2.29. The van der Waals surface area contributed by atoms with Gasteiger partial charge in [-0.05, 0) is 24.6 Å². The Hall–Kier alpha value is -1.53. The van der Waals surface area contributed by atoms with Gasteiger partial charge in [-0.2, -0.15) is 5.26 Å². The Balaban J connectivity index is 3.05. The summed E-state index contributed by atoms with van der Waals surface area (Å²) in [4.78, 5) is 0.0203. The van der Waals surface area contributed by atoms with Gasteiger partial charge < -0.3 is 0 Å². The molecule has 0 radical (unpaired) electrons. The first kappa shape index (κ1) is 15.5. The van der Waals surface area contributed by atoms with Crippen LogP contribution >= 0.6 is 11.6 Å². The molecule has 0 spiro atoms. The molecule has 19 heavy (non-hydrogen) atoms. The molecule has 6 heteroatoms. The van der Waals surface area contributed by atoms with E-state index in [1.165, 1.54) is 18.2 Å². The minimum absolute atomic E-state index is 0.0203. The highest BCUT2D eigenvalue weighted by atomic mass is 35.5. The fraction of sp³-hybridized carbons (Fsp3) is 0.308. The SMILES string of the molecule is C#CCC(CC)NS(=O)(=O)c1ccc(C#N)c(Cl)c1. The van der Waals surface area contributed by atoms with Gasteiger partial charge in [-0.1, -0.05) is 18.5 Å². The maximum Gasteiger partial charge on any atom is 0.240 e. The summed E-state index contributed by atoms with van der Waals surface area (Å²) in [5.41, 5.74) is 0.233. The zero-order chi connectivity index (χ0) is 14.5. The molecule has 1 unspecified atom stereocenters. The lowest BCUT2D eigenvalue weighted by atomic mass is 10.2. The lowest BCUT2D eigenvalue weighted by Gasteiger charge is -2.14. The third-order valence-electron chi connectivity index (χ3n) is 2.55. The summed E-state index contributed by atoms with van der Waals surface area (Å²) in [6.07, 6.45) is 6.09. The fourth-order valence-corrected chi connectivity index (χ4v) is 3.09. The van der Waals surface area contributed by atoms with E-state index in [0.717, 1.165) is 0 Å². The fourth-order valence-electron chi connectivity index (χ4n) is 1.45. The van der Waals surface area contributed by atoms with Crippen LogP contribution in [-0.2, 0) is 10.0 Å². The van der Waals surface area contributed by atoms with E-state index in [1.807, 2.05) is 13.0 Å². The normalized spacial score (nSPS) is 12.4. The van der Waals surface area contributed by atoms with Crippen LogP contribution in [0.3, 0.4) is 0 Å². The number of rotatable bonds is 5. The first-order valence-corrected chi connectivity index (χ1v) is 7.46. The molecule has 0 aliphatic heterocycles. The van der Waals surface area contributed by atoms with Crippen LogP contribution in [0.15, 0.2) is 23.1 Å². The van der Waals surface area contributed by atoms with Crippen molar-refractivity contribution >= 4 is 21.6 Å². The van der Waals surface area contributed by atoms with Crippen LogP contribution in [0.2, 0.25) is 5.02 Å². The summed E-state index contributed by atoms with van der Waals surface area (Å²) in [6.45, 7) is 1.84. The zero-order valence-corrected chi connectivity index (χ0v) is 11.9. The van der Waals surface area contributed by atoms with Gasteiger partial charge in [-0.25, -0.2) is 13.1 Å². The minimum Gasteiger partial charge on any atom is -0.207 e. The molecule has 1 atom stereocenters. The number of hydrogen-bond donors (Lipinski definition) is 1. The Kier molecular flexibility index (Phi) is 5.38. The molecule has 1 N–H and O–H groups in total. The van der Waals surface area contributed by atoms with E-state index in [9.17, 15) is 8.42 Å². The number of nitriles is 1. The third kappa shape index (κ3) is 3.97. The number of hydrogen-bond acceptors (Lipinski definition) is 3. The van der Waals surface area contributed by atoms with Crippen molar-refractivity contribution in [2.24, 2.45) is 0 Å². The smallest absolute Gasteiger partial charge is 0.207 e. The molecule has 4 nitrogen and oxygen atoms in total. The molecule has 0 fully saturated rings. The van der Waals surface area contributed by atoms with Crippen molar-refractivity contribution in [2.75, 3.05) is 0 Å². The van der Waals surface area contributed by atoms with Gasteiger partial charge >= 0.3 is 0 Å². The lowest BCUT2D eigenvalue weighted by Crippen LogP contribution is -2.34.